The number of carbonyl (C=O) groups excluding carboxylic acids is 2. The highest BCUT2D eigenvalue weighted by molar-refractivity contribution is 6.39. The molecule has 1 saturated carbocycles. The summed E-state index contributed by atoms with van der Waals surface area (Å²) in [5.74, 6) is -0.263. The average Bonchev–Trinajstić information content (AvgIpc) is 2.57. The van der Waals surface area contributed by atoms with Crippen molar-refractivity contribution in [1.29, 1.82) is 0 Å². The zero-order chi connectivity index (χ0) is 16.1. The van der Waals surface area contributed by atoms with Crippen molar-refractivity contribution in [2.24, 2.45) is 5.10 Å². The van der Waals surface area contributed by atoms with Crippen molar-refractivity contribution in [3.05, 3.63) is 35.9 Å². The van der Waals surface area contributed by atoms with E-state index < -0.39 is 0 Å². The molecule has 0 bridgehead atoms. The first-order valence-electron chi connectivity index (χ1n) is 8.39. The lowest BCUT2D eigenvalue weighted by Crippen LogP contribution is -2.54. The van der Waals surface area contributed by atoms with Crippen molar-refractivity contribution in [2.75, 3.05) is 0 Å². The van der Waals surface area contributed by atoms with Crippen LogP contribution in [0.25, 0.3) is 0 Å². The Hall–Kier alpha value is -2.17. The SMILES string of the molecule is O=C1CCC(C(=O)NC2(Cc3ccccc3)CCCCC2)=NN1. The zero-order valence-electron chi connectivity index (χ0n) is 13.3. The Morgan fingerprint density at radius 1 is 1.13 bits per heavy atom. The smallest absolute Gasteiger partial charge is 0.267 e. The highest BCUT2D eigenvalue weighted by Gasteiger charge is 2.35. The summed E-state index contributed by atoms with van der Waals surface area (Å²) in [6.45, 7) is 0. The Labute approximate surface area is 136 Å². The van der Waals surface area contributed by atoms with Gasteiger partial charge in [-0.05, 0) is 24.8 Å². The molecular weight excluding hydrogens is 290 g/mol. The molecule has 1 fully saturated rings. The van der Waals surface area contributed by atoms with Crippen LogP contribution >= 0.6 is 0 Å². The molecule has 23 heavy (non-hydrogen) atoms. The van der Waals surface area contributed by atoms with Gasteiger partial charge in [0, 0.05) is 18.4 Å². The predicted octanol–water partition coefficient (Wildman–Crippen LogP) is 2.31. The van der Waals surface area contributed by atoms with Crippen LogP contribution < -0.4 is 10.7 Å². The summed E-state index contributed by atoms with van der Waals surface area (Å²) in [5, 5.41) is 7.16. The number of rotatable bonds is 4. The molecule has 5 nitrogen and oxygen atoms in total. The topological polar surface area (TPSA) is 70.6 Å². The fourth-order valence-corrected chi connectivity index (χ4v) is 3.51. The van der Waals surface area contributed by atoms with Crippen molar-refractivity contribution >= 4 is 17.5 Å². The van der Waals surface area contributed by atoms with E-state index in [1.807, 2.05) is 18.2 Å². The summed E-state index contributed by atoms with van der Waals surface area (Å²) in [6, 6.07) is 10.3. The van der Waals surface area contributed by atoms with Crippen LogP contribution in [0.2, 0.25) is 0 Å². The van der Waals surface area contributed by atoms with E-state index in [2.05, 4.69) is 28.0 Å². The highest BCUT2D eigenvalue weighted by atomic mass is 16.2. The highest BCUT2D eigenvalue weighted by Crippen LogP contribution is 2.31. The summed E-state index contributed by atoms with van der Waals surface area (Å²) < 4.78 is 0. The molecule has 0 radical (unpaired) electrons. The van der Waals surface area contributed by atoms with E-state index in [9.17, 15) is 9.59 Å². The maximum absolute atomic E-state index is 12.6. The average molecular weight is 313 g/mol. The molecule has 0 unspecified atom stereocenters. The fourth-order valence-electron chi connectivity index (χ4n) is 3.51. The minimum atomic E-state index is -0.194. The van der Waals surface area contributed by atoms with E-state index in [0.29, 0.717) is 18.6 Å². The lowest BCUT2D eigenvalue weighted by Gasteiger charge is -2.38. The Bertz CT molecular complexity index is 604. The molecule has 0 saturated heterocycles. The lowest BCUT2D eigenvalue weighted by molar-refractivity contribution is -0.121. The maximum Gasteiger partial charge on any atom is 0.267 e. The van der Waals surface area contributed by atoms with Gasteiger partial charge in [-0.3, -0.25) is 9.59 Å². The van der Waals surface area contributed by atoms with Gasteiger partial charge in [-0.1, -0.05) is 49.6 Å². The summed E-state index contributed by atoms with van der Waals surface area (Å²) in [7, 11) is 0. The third-order valence-corrected chi connectivity index (χ3v) is 4.74. The molecule has 2 amide bonds. The number of hydrogen-bond acceptors (Lipinski definition) is 3. The van der Waals surface area contributed by atoms with Crippen molar-refractivity contribution in [3.8, 4) is 0 Å². The van der Waals surface area contributed by atoms with E-state index >= 15 is 0 Å². The largest absolute Gasteiger partial charge is 0.345 e. The van der Waals surface area contributed by atoms with Crippen molar-refractivity contribution in [2.45, 2.75) is 56.9 Å². The molecule has 3 rings (SSSR count). The second kappa shape index (κ2) is 6.94. The molecule has 1 aliphatic carbocycles. The molecule has 1 aromatic carbocycles. The molecule has 5 heteroatoms. The molecule has 0 atom stereocenters. The van der Waals surface area contributed by atoms with Crippen LogP contribution in [0.5, 0.6) is 0 Å². The molecule has 1 aromatic rings. The monoisotopic (exact) mass is 313 g/mol. The lowest BCUT2D eigenvalue weighted by atomic mass is 9.77. The second-order valence-electron chi connectivity index (χ2n) is 6.55. The number of hydrogen-bond donors (Lipinski definition) is 2. The summed E-state index contributed by atoms with van der Waals surface area (Å²) in [4.78, 5) is 23.8. The quantitative estimate of drug-likeness (QED) is 0.895. The van der Waals surface area contributed by atoms with Gasteiger partial charge in [0.05, 0.1) is 0 Å². The van der Waals surface area contributed by atoms with Gasteiger partial charge in [-0.2, -0.15) is 5.10 Å². The number of nitrogens with one attached hydrogen (secondary N) is 2. The van der Waals surface area contributed by atoms with Crippen molar-refractivity contribution < 1.29 is 9.59 Å². The van der Waals surface area contributed by atoms with Crippen LogP contribution in [0.3, 0.4) is 0 Å². The molecule has 2 N–H and O–H groups in total. The summed E-state index contributed by atoms with van der Waals surface area (Å²) >= 11 is 0. The molecule has 0 aromatic heterocycles. The number of amides is 2. The van der Waals surface area contributed by atoms with Crippen LogP contribution in [0, 0.1) is 0 Å². The van der Waals surface area contributed by atoms with Gasteiger partial charge in [0.2, 0.25) is 5.91 Å². The number of hydrazone groups is 1. The van der Waals surface area contributed by atoms with Gasteiger partial charge < -0.3 is 5.32 Å². The van der Waals surface area contributed by atoms with Crippen LogP contribution in [0.4, 0.5) is 0 Å². The van der Waals surface area contributed by atoms with E-state index in [0.717, 1.165) is 32.1 Å². The van der Waals surface area contributed by atoms with E-state index in [1.54, 1.807) is 0 Å². The minimum Gasteiger partial charge on any atom is -0.345 e. The standard InChI is InChI=1S/C18H23N3O2/c22-16-10-9-15(20-21-16)17(23)19-18(11-5-2-6-12-18)13-14-7-3-1-4-8-14/h1,3-4,7-8H,2,5-6,9-13H2,(H,19,23)(H,21,22). The third-order valence-electron chi connectivity index (χ3n) is 4.74. The molecule has 1 aliphatic heterocycles. The second-order valence-corrected chi connectivity index (χ2v) is 6.55. The summed E-state index contributed by atoms with van der Waals surface area (Å²) in [6.07, 6.45) is 7.08. The summed E-state index contributed by atoms with van der Waals surface area (Å²) in [5.41, 5.74) is 3.88. The van der Waals surface area contributed by atoms with Gasteiger partial charge in [0.1, 0.15) is 5.71 Å². The van der Waals surface area contributed by atoms with E-state index in [4.69, 9.17) is 0 Å². The minimum absolute atomic E-state index is 0.127. The molecule has 1 heterocycles. The molecule has 0 spiro atoms. The number of carbonyl (C=O) groups is 2. The number of nitrogens with zero attached hydrogens (tertiary/aromatic N) is 1. The van der Waals surface area contributed by atoms with Crippen LogP contribution in [0.1, 0.15) is 50.5 Å². The third kappa shape index (κ3) is 3.97. The molecule has 2 aliphatic rings. The van der Waals surface area contributed by atoms with Gasteiger partial charge in [-0.15, -0.1) is 0 Å². The maximum atomic E-state index is 12.6. The van der Waals surface area contributed by atoms with Crippen molar-refractivity contribution in [3.63, 3.8) is 0 Å². The fraction of sp³-hybridized carbons (Fsp3) is 0.500. The Balaban J connectivity index is 1.74. The Morgan fingerprint density at radius 2 is 1.87 bits per heavy atom. The van der Waals surface area contributed by atoms with Gasteiger partial charge in [0.15, 0.2) is 0 Å². The van der Waals surface area contributed by atoms with E-state index in [1.165, 1.54) is 12.0 Å². The van der Waals surface area contributed by atoms with Crippen molar-refractivity contribution in [1.82, 2.24) is 10.7 Å². The van der Waals surface area contributed by atoms with Gasteiger partial charge in [0.25, 0.3) is 5.91 Å². The molecule has 122 valence electrons. The first-order valence-corrected chi connectivity index (χ1v) is 8.39. The van der Waals surface area contributed by atoms with Crippen LogP contribution in [0.15, 0.2) is 35.4 Å². The first-order chi connectivity index (χ1) is 11.2. The first kappa shape index (κ1) is 15.7. The van der Waals surface area contributed by atoms with E-state index in [-0.39, 0.29) is 17.4 Å². The Morgan fingerprint density at radius 3 is 2.52 bits per heavy atom. The van der Waals surface area contributed by atoms with Gasteiger partial charge >= 0.3 is 0 Å². The molecular formula is C18H23N3O2. The van der Waals surface area contributed by atoms with Crippen LogP contribution in [-0.4, -0.2) is 23.1 Å². The Kier molecular flexibility index (Phi) is 4.74. The van der Waals surface area contributed by atoms with Gasteiger partial charge in [-0.25, -0.2) is 5.43 Å². The zero-order valence-corrected chi connectivity index (χ0v) is 13.3. The number of benzene rings is 1. The normalized spacial score (nSPS) is 20.3. The predicted molar refractivity (Wildman–Crippen MR) is 88.9 cm³/mol. The van der Waals surface area contributed by atoms with Crippen LogP contribution in [-0.2, 0) is 16.0 Å².